The smallest absolute Gasteiger partial charge is 0.237 e. The van der Waals surface area contributed by atoms with Gasteiger partial charge in [-0.1, -0.05) is 0 Å². The Morgan fingerprint density at radius 3 is 2.78 bits per heavy atom. The van der Waals surface area contributed by atoms with Gasteiger partial charge in [-0.05, 0) is 50.2 Å². The molecule has 0 aliphatic carbocycles. The molecule has 36 heavy (non-hydrogen) atoms. The zero-order chi connectivity index (χ0) is 25.2. The highest BCUT2D eigenvalue weighted by atomic mass is 19.1. The molecule has 184 valence electrons. The molecule has 4 aromatic rings. The molecule has 0 amide bonds. The number of anilines is 3. The maximum absolute atomic E-state index is 14.9. The second-order valence-electron chi connectivity index (χ2n) is 8.85. The van der Waals surface area contributed by atoms with Crippen LogP contribution in [0.4, 0.5) is 26.0 Å². The lowest BCUT2D eigenvalue weighted by Gasteiger charge is -2.33. The van der Waals surface area contributed by atoms with Crippen LogP contribution in [0, 0.1) is 29.9 Å². The molecule has 0 spiro atoms. The highest BCUT2D eigenvalue weighted by Crippen LogP contribution is 2.29. The number of fused-ring (bicyclic) bond motifs is 1. The summed E-state index contributed by atoms with van der Waals surface area (Å²) in [5.74, 6) is -0.927. The van der Waals surface area contributed by atoms with Gasteiger partial charge in [0.1, 0.15) is 30.6 Å². The van der Waals surface area contributed by atoms with Gasteiger partial charge in [0.25, 0.3) is 0 Å². The van der Waals surface area contributed by atoms with Crippen molar-refractivity contribution in [1.29, 1.82) is 5.26 Å². The maximum Gasteiger partial charge on any atom is 0.237 e. The first-order valence-corrected chi connectivity index (χ1v) is 11.6. The Morgan fingerprint density at radius 2 is 2.03 bits per heavy atom. The van der Waals surface area contributed by atoms with Crippen LogP contribution in [0.2, 0.25) is 0 Å². The van der Waals surface area contributed by atoms with Crippen LogP contribution in [0.25, 0.3) is 10.9 Å². The van der Waals surface area contributed by atoms with Crippen molar-refractivity contribution >= 4 is 28.1 Å². The number of H-pyrrole nitrogens is 1. The fourth-order valence-corrected chi connectivity index (χ4v) is 4.40. The number of aryl methyl sites for hydroxylation is 1. The van der Waals surface area contributed by atoms with Gasteiger partial charge >= 0.3 is 0 Å². The van der Waals surface area contributed by atoms with Gasteiger partial charge in [-0.2, -0.15) is 5.26 Å². The molecule has 2 aromatic heterocycles. The van der Waals surface area contributed by atoms with Gasteiger partial charge < -0.3 is 25.3 Å². The second kappa shape index (κ2) is 9.79. The first-order valence-electron chi connectivity index (χ1n) is 11.6. The Hall–Kier alpha value is -4.23. The van der Waals surface area contributed by atoms with E-state index in [-0.39, 0.29) is 40.3 Å². The van der Waals surface area contributed by atoms with Gasteiger partial charge in [-0.25, -0.2) is 18.7 Å². The summed E-state index contributed by atoms with van der Waals surface area (Å²) in [5, 5.41) is 16.5. The van der Waals surface area contributed by atoms with Crippen molar-refractivity contribution in [3.63, 3.8) is 0 Å². The number of nitriles is 1. The van der Waals surface area contributed by atoms with Crippen molar-refractivity contribution in [1.82, 2.24) is 20.3 Å². The number of piperazine rings is 1. The molecule has 0 unspecified atom stereocenters. The van der Waals surface area contributed by atoms with E-state index >= 15 is 0 Å². The van der Waals surface area contributed by atoms with Crippen LogP contribution in [-0.2, 0) is 6.61 Å². The number of nitrogens with one attached hydrogen (secondary N) is 3. The molecule has 1 aliphatic heterocycles. The number of ether oxygens (including phenoxy) is 1. The Kier molecular flexibility index (Phi) is 6.40. The number of rotatable bonds is 6. The fourth-order valence-electron chi connectivity index (χ4n) is 4.40. The predicted octanol–water partition coefficient (Wildman–Crippen LogP) is 4.54. The summed E-state index contributed by atoms with van der Waals surface area (Å²) >= 11 is 0. The average Bonchev–Trinajstić information content (AvgIpc) is 3.28. The van der Waals surface area contributed by atoms with Crippen LogP contribution >= 0.6 is 0 Å². The zero-order valence-corrected chi connectivity index (χ0v) is 19.9. The topological polar surface area (TPSA) is 102 Å². The summed E-state index contributed by atoms with van der Waals surface area (Å²) in [5.41, 5.74) is 2.70. The number of benzene rings is 2. The first-order chi connectivity index (χ1) is 17.4. The minimum absolute atomic E-state index is 0.0217. The number of nitrogens with zero attached hydrogens (tertiary/aromatic N) is 4. The van der Waals surface area contributed by atoms with E-state index in [1.165, 1.54) is 6.33 Å². The molecule has 10 heteroatoms. The maximum atomic E-state index is 14.9. The largest absolute Gasteiger partial charge is 0.472 e. The van der Waals surface area contributed by atoms with Gasteiger partial charge in [0.15, 0.2) is 11.4 Å². The van der Waals surface area contributed by atoms with E-state index in [9.17, 15) is 14.0 Å². The van der Waals surface area contributed by atoms with Gasteiger partial charge in [-0.15, -0.1) is 0 Å². The molecule has 0 bridgehead atoms. The SMILES string of the molecule is Cc1cc2c(F)c(COc3ncnc(Nc4ccc(N5CCN[C@@H](C)C5)cc4)c3C#N)cc(F)c2[nH]1. The average molecular weight is 490 g/mol. The third-order valence-electron chi connectivity index (χ3n) is 6.16. The lowest BCUT2D eigenvalue weighted by Crippen LogP contribution is -2.49. The molecule has 3 heterocycles. The van der Waals surface area contributed by atoms with Crippen LogP contribution in [-0.4, -0.2) is 40.6 Å². The van der Waals surface area contributed by atoms with Crippen LogP contribution in [0.1, 0.15) is 23.7 Å². The van der Waals surface area contributed by atoms with Gasteiger partial charge in [0, 0.05) is 53.7 Å². The quantitative estimate of drug-likeness (QED) is 0.366. The van der Waals surface area contributed by atoms with Crippen molar-refractivity contribution in [2.45, 2.75) is 26.5 Å². The molecule has 0 saturated carbocycles. The van der Waals surface area contributed by atoms with Gasteiger partial charge in [-0.3, -0.25) is 0 Å². The standard InChI is InChI=1S/C26H25F2N7O/c1-15-9-20-23(28)17(10-22(27)24(20)33-15)13-36-26-21(11-29)25(31-14-32-26)34-18-3-5-19(6-4-18)35-8-7-30-16(2)12-35/h3-6,9-10,14,16,30,33H,7-8,12-13H2,1-2H3,(H,31,32,34)/t16-/m0/s1. The van der Waals surface area contributed by atoms with Crippen molar-refractivity contribution in [3.05, 3.63) is 71.2 Å². The highest BCUT2D eigenvalue weighted by Gasteiger charge is 2.19. The summed E-state index contributed by atoms with van der Waals surface area (Å²) in [6, 6.07) is 13.0. The Balaban J connectivity index is 1.33. The molecule has 1 saturated heterocycles. The number of halogens is 2. The van der Waals surface area contributed by atoms with Crippen LogP contribution in [0.5, 0.6) is 5.88 Å². The first kappa shape index (κ1) is 23.5. The Morgan fingerprint density at radius 1 is 1.22 bits per heavy atom. The predicted molar refractivity (Wildman–Crippen MR) is 133 cm³/mol. The van der Waals surface area contributed by atoms with E-state index in [1.54, 1.807) is 13.0 Å². The van der Waals surface area contributed by atoms with E-state index in [1.807, 2.05) is 30.3 Å². The molecular formula is C26H25F2N7O. The van der Waals surface area contributed by atoms with Crippen molar-refractivity contribution in [2.24, 2.45) is 0 Å². The summed E-state index contributed by atoms with van der Waals surface area (Å²) in [6.07, 6.45) is 1.25. The van der Waals surface area contributed by atoms with Crippen LogP contribution in [0.3, 0.4) is 0 Å². The molecule has 1 atom stereocenters. The number of aromatic nitrogens is 3. The van der Waals surface area contributed by atoms with Crippen molar-refractivity contribution in [3.8, 4) is 11.9 Å². The minimum Gasteiger partial charge on any atom is -0.472 e. The Labute approximate surface area is 206 Å². The highest BCUT2D eigenvalue weighted by molar-refractivity contribution is 5.82. The van der Waals surface area contributed by atoms with Crippen LogP contribution < -0.4 is 20.3 Å². The van der Waals surface area contributed by atoms with E-state index in [2.05, 4.69) is 37.4 Å². The van der Waals surface area contributed by atoms with Gasteiger partial charge in [0.05, 0.1) is 5.52 Å². The lowest BCUT2D eigenvalue weighted by atomic mass is 10.1. The zero-order valence-electron chi connectivity index (χ0n) is 19.9. The number of hydrogen-bond donors (Lipinski definition) is 3. The molecule has 8 nitrogen and oxygen atoms in total. The third-order valence-corrected chi connectivity index (χ3v) is 6.16. The monoisotopic (exact) mass is 489 g/mol. The number of hydrogen-bond acceptors (Lipinski definition) is 7. The second-order valence-corrected chi connectivity index (χ2v) is 8.85. The minimum atomic E-state index is -0.583. The van der Waals surface area contributed by atoms with E-state index < -0.39 is 11.6 Å². The normalized spacial score (nSPS) is 15.6. The van der Waals surface area contributed by atoms with Crippen LogP contribution in [0.15, 0.2) is 42.7 Å². The van der Waals surface area contributed by atoms with E-state index in [0.717, 1.165) is 37.1 Å². The van der Waals surface area contributed by atoms with Crippen molar-refractivity contribution in [2.75, 3.05) is 29.9 Å². The summed E-state index contributed by atoms with van der Waals surface area (Å²) in [6.45, 7) is 6.38. The number of aromatic amines is 1. The van der Waals surface area contributed by atoms with E-state index in [0.29, 0.717) is 11.7 Å². The van der Waals surface area contributed by atoms with Gasteiger partial charge in [0.2, 0.25) is 5.88 Å². The molecular weight excluding hydrogens is 464 g/mol. The molecule has 2 aromatic carbocycles. The molecule has 5 rings (SSSR count). The molecule has 1 fully saturated rings. The molecule has 1 aliphatic rings. The molecule has 0 radical (unpaired) electrons. The summed E-state index contributed by atoms with van der Waals surface area (Å²) < 4.78 is 35.0. The third kappa shape index (κ3) is 4.65. The summed E-state index contributed by atoms with van der Waals surface area (Å²) in [7, 11) is 0. The summed E-state index contributed by atoms with van der Waals surface area (Å²) in [4.78, 5) is 13.3. The lowest BCUT2D eigenvalue weighted by molar-refractivity contribution is 0.286. The molecule has 3 N–H and O–H groups in total. The van der Waals surface area contributed by atoms with Crippen molar-refractivity contribution < 1.29 is 13.5 Å². The van der Waals surface area contributed by atoms with E-state index in [4.69, 9.17) is 4.74 Å². The fraction of sp³-hybridized carbons (Fsp3) is 0.269. The Bertz CT molecular complexity index is 1450.